The van der Waals surface area contributed by atoms with Crippen molar-refractivity contribution >= 4 is 21.3 Å². The van der Waals surface area contributed by atoms with Crippen LogP contribution in [0, 0.1) is 56.7 Å². The standard InChI is InChI=1S/C37H55NO3S/c1-24(2)27-15-20-37(23-39)22-21-35(6)29(32(27)37)13-14-31-34(5)18-16-28(33(3,4)30(34)17-19-36(31,35)7)25-9-11-26(12-10-25)38-42(8,40)41/h9-12,16,27,29-32,38-39H,1,13-15,17-23H2,2-8H3/t27-,29+,30-,31+,32+,34?,35+,36+,37+/m0/s1. The first-order valence-electron chi connectivity index (χ1n) is 16.6. The molecule has 232 valence electrons. The molecule has 5 heteroatoms. The van der Waals surface area contributed by atoms with Gasteiger partial charge in [0.05, 0.1) is 6.26 Å². The van der Waals surface area contributed by atoms with E-state index in [1.165, 1.54) is 74.3 Å². The summed E-state index contributed by atoms with van der Waals surface area (Å²) in [5.74, 6) is 3.11. The molecule has 0 bridgehead atoms. The van der Waals surface area contributed by atoms with Gasteiger partial charge in [0, 0.05) is 12.3 Å². The van der Waals surface area contributed by atoms with Crippen LogP contribution in [0.4, 0.5) is 5.69 Å². The highest BCUT2D eigenvalue weighted by Gasteiger charge is 2.70. The molecule has 0 aromatic heterocycles. The number of anilines is 1. The number of aliphatic hydroxyl groups excluding tert-OH is 1. The van der Waals surface area contributed by atoms with Crippen LogP contribution < -0.4 is 4.72 Å². The van der Waals surface area contributed by atoms with Gasteiger partial charge in [0.25, 0.3) is 0 Å². The van der Waals surface area contributed by atoms with Crippen molar-refractivity contribution in [3.63, 3.8) is 0 Å². The molecular weight excluding hydrogens is 538 g/mol. The molecular formula is C37H55NO3S. The van der Waals surface area contributed by atoms with Gasteiger partial charge in [-0.25, -0.2) is 8.42 Å². The van der Waals surface area contributed by atoms with Gasteiger partial charge in [0.15, 0.2) is 0 Å². The number of nitrogens with one attached hydrogen (secondary N) is 1. The number of sulfonamides is 1. The van der Waals surface area contributed by atoms with Crippen LogP contribution in [0.25, 0.3) is 5.57 Å². The van der Waals surface area contributed by atoms with Crippen LogP contribution in [-0.2, 0) is 10.0 Å². The molecule has 0 heterocycles. The Labute approximate surface area is 255 Å². The van der Waals surface area contributed by atoms with Crippen molar-refractivity contribution in [3.05, 3.63) is 48.1 Å². The molecule has 0 radical (unpaired) electrons. The smallest absolute Gasteiger partial charge is 0.229 e. The SMILES string of the molecule is C=C(C)[C@@H]1CC[C@]2(CO)CC[C@]3(C)[C@H](CC[C@@H]4C5(C)CC=C(c6ccc(NS(C)(=O)=O)cc6)C(C)(C)[C@@H]5CC[C@]43C)[C@@H]12. The first-order chi connectivity index (χ1) is 19.5. The molecule has 5 aliphatic rings. The second kappa shape index (κ2) is 9.70. The van der Waals surface area contributed by atoms with E-state index >= 15 is 0 Å². The van der Waals surface area contributed by atoms with Crippen molar-refractivity contribution < 1.29 is 13.5 Å². The molecule has 5 aliphatic carbocycles. The summed E-state index contributed by atoms with van der Waals surface area (Å²) in [6.07, 6.45) is 14.8. The van der Waals surface area contributed by atoms with Gasteiger partial charge in [0.1, 0.15) is 0 Å². The third kappa shape index (κ3) is 4.18. The lowest BCUT2D eigenvalue weighted by Crippen LogP contribution is -2.65. The maximum Gasteiger partial charge on any atom is 0.229 e. The fourth-order valence-electron chi connectivity index (χ4n) is 12.6. The first kappa shape index (κ1) is 30.4. The Balaban J connectivity index is 1.33. The van der Waals surface area contributed by atoms with Gasteiger partial charge in [-0.15, -0.1) is 0 Å². The third-order valence-corrected chi connectivity index (χ3v) is 15.2. The molecule has 42 heavy (non-hydrogen) atoms. The second-order valence-corrected chi connectivity index (χ2v) is 18.4. The summed E-state index contributed by atoms with van der Waals surface area (Å²) in [5.41, 5.74) is 5.57. The molecule has 1 aromatic rings. The summed E-state index contributed by atoms with van der Waals surface area (Å²) in [6.45, 7) is 20.0. The molecule has 4 fully saturated rings. The molecule has 4 nitrogen and oxygen atoms in total. The monoisotopic (exact) mass is 593 g/mol. The van der Waals surface area contributed by atoms with Gasteiger partial charge >= 0.3 is 0 Å². The van der Waals surface area contributed by atoms with Crippen LogP contribution >= 0.6 is 0 Å². The lowest BCUT2D eigenvalue weighted by molar-refractivity contribution is -0.228. The van der Waals surface area contributed by atoms with E-state index in [0.717, 1.165) is 6.42 Å². The molecule has 0 aliphatic heterocycles. The highest BCUT2D eigenvalue weighted by molar-refractivity contribution is 7.92. The Morgan fingerprint density at radius 3 is 2.24 bits per heavy atom. The average Bonchev–Trinajstić information content (AvgIpc) is 3.29. The Morgan fingerprint density at radius 2 is 1.62 bits per heavy atom. The van der Waals surface area contributed by atoms with E-state index in [0.29, 0.717) is 52.7 Å². The van der Waals surface area contributed by atoms with E-state index in [4.69, 9.17) is 0 Å². The summed E-state index contributed by atoms with van der Waals surface area (Å²) in [7, 11) is -3.29. The van der Waals surface area contributed by atoms with Crippen molar-refractivity contribution in [3.8, 4) is 0 Å². The van der Waals surface area contributed by atoms with Crippen LogP contribution in [-0.4, -0.2) is 26.4 Å². The number of aliphatic hydroxyl groups is 1. The Hall–Kier alpha value is -1.59. The Bertz CT molecular complexity index is 1390. The van der Waals surface area contributed by atoms with Gasteiger partial charge < -0.3 is 5.11 Å². The summed E-state index contributed by atoms with van der Waals surface area (Å²) in [5, 5.41) is 10.8. The molecule has 1 unspecified atom stereocenters. The molecule has 4 saturated carbocycles. The van der Waals surface area contributed by atoms with E-state index < -0.39 is 10.0 Å². The van der Waals surface area contributed by atoms with Crippen molar-refractivity contribution in [2.45, 2.75) is 99.3 Å². The zero-order valence-electron chi connectivity index (χ0n) is 27.2. The summed E-state index contributed by atoms with van der Waals surface area (Å²) in [6, 6.07) is 7.99. The van der Waals surface area contributed by atoms with Crippen molar-refractivity contribution in [1.29, 1.82) is 0 Å². The molecule has 6 rings (SSSR count). The van der Waals surface area contributed by atoms with Crippen LogP contribution in [0.2, 0.25) is 0 Å². The van der Waals surface area contributed by atoms with Gasteiger partial charge in [-0.2, -0.15) is 0 Å². The predicted molar refractivity (Wildman–Crippen MR) is 174 cm³/mol. The fourth-order valence-corrected chi connectivity index (χ4v) is 13.2. The number of fused-ring (bicyclic) bond motifs is 7. The van der Waals surface area contributed by atoms with Crippen LogP contribution in [0.1, 0.15) is 105 Å². The number of benzene rings is 1. The van der Waals surface area contributed by atoms with Gasteiger partial charge in [-0.1, -0.05) is 65.0 Å². The van der Waals surface area contributed by atoms with Gasteiger partial charge in [-0.05, 0) is 145 Å². The largest absolute Gasteiger partial charge is 0.396 e. The Kier molecular flexibility index (Phi) is 7.03. The van der Waals surface area contributed by atoms with E-state index in [-0.39, 0.29) is 16.2 Å². The molecule has 9 atom stereocenters. The summed E-state index contributed by atoms with van der Waals surface area (Å²) < 4.78 is 26.1. The van der Waals surface area contributed by atoms with E-state index in [2.05, 4.69) is 71.1 Å². The highest BCUT2D eigenvalue weighted by Crippen LogP contribution is 2.77. The second-order valence-electron chi connectivity index (χ2n) is 16.7. The van der Waals surface area contributed by atoms with Crippen molar-refractivity contribution in [2.75, 3.05) is 17.6 Å². The number of rotatable bonds is 5. The summed E-state index contributed by atoms with van der Waals surface area (Å²) in [4.78, 5) is 0. The minimum absolute atomic E-state index is 0.0347. The van der Waals surface area contributed by atoms with Crippen molar-refractivity contribution in [2.24, 2.45) is 56.7 Å². The first-order valence-corrected chi connectivity index (χ1v) is 18.5. The molecule has 0 spiro atoms. The fraction of sp³-hybridized carbons (Fsp3) is 0.730. The highest BCUT2D eigenvalue weighted by atomic mass is 32.2. The van der Waals surface area contributed by atoms with Crippen LogP contribution in [0.5, 0.6) is 0 Å². The molecule has 0 saturated heterocycles. The van der Waals surface area contributed by atoms with Crippen LogP contribution in [0.15, 0.2) is 42.5 Å². The van der Waals surface area contributed by atoms with Crippen LogP contribution in [0.3, 0.4) is 0 Å². The maximum absolute atomic E-state index is 11.7. The Morgan fingerprint density at radius 1 is 0.929 bits per heavy atom. The van der Waals surface area contributed by atoms with Gasteiger partial charge in [-0.3, -0.25) is 4.72 Å². The van der Waals surface area contributed by atoms with Crippen molar-refractivity contribution in [1.82, 2.24) is 0 Å². The van der Waals surface area contributed by atoms with E-state index in [1.54, 1.807) is 0 Å². The number of hydrogen-bond donors (Lipinski definition) is 2. The van der Waals surface area contributed by atoms with E-state index in [1.807, 2.05) is 12.1 Å². The number of allylic oxidation sites excluding steroid dienone is 3. The quantitative estimate of drug-likeness (QED) is 0.336. The number of hydrogen-bond acceptors (Lipinski definition) is 3. The predicted octanol–water partition coefficient (Wildman–Crippen LogP) is 8.70. The lowest BCUT2D eigenvalue weighted by atomic mass is 9.32. The lowest BCUT2D eigenvalue weighted by Gasteiger charge is -2.72. The average molecular weight is 594 g/mol. The maximum atomic E-state index is 11.7. The van der Waals surface area contributed by atoms with Gasteiger partial charge in [0.2, 0.25) is 10.0 Å². The van der Waals surface area contributed by atoms with E-state index in [9.17, 15) is 13.5 Å². The topological polar surface area (TPSA) is 66.4 Å². The molecule has 1 aromatic carbocycles. The normalized spacial score (nSPS) is 44.2. The molecule has 2 N–H and O–H groups in total. The zero-order chi connectivity index (χ0) is 30.5. The minimum atomic E-state index is -3.29. The third-order valence-electron chi connectivity index (χ3n) is 14.6. The minimum Gasteiger partial charge on any atom is -0.396 e. The molecule has 0 amide bonds. The zero-order valence-corrected chi connectivity index (χ0v) is 28.0. The summed E-state index contributed by atoms with van der Waals surface area (Å²) >= 11 is 0.